The van der Waals surface area contributed by atoms with Crippen molar-refractivity contribution in [3.63, 3.8) is 0 Å². The van der Waals surface area contributed by atoms with Gasteiger partial charge in [0, 0.05) is 6.04 Å². The number of hydrogen-bond acceptors (Lipinski definition) is 5. The molecule has 1 unspecified atom stereocenters. The van der Waals surface area contributed by atoms with E-state index in [2.05, 4.69) is 5.32 Å². The molecule has 1 aliphatic rings. The van der Waals surface area contributed by atoms with Crippen molar-refractivity contribution in [3.05, 3.63) is 29.8 Å². The average Bonchev–Trinajstić information content (AvgIpc) is 2.42. The van der Waals surface area contributed by atoms with Gasteiger partial charge in [-0.05, 0) is 25.0 Å². The lowest BCUT2D eigenvalue weighted by Gasteiger charge is -2.35. The molecule has 0 spiro atoms. The van der Waals surface area contributed by atoms with Crippen LogP contribution in [0.4, 0.5) is 0 Å². The van der Waals surface area contributed by atoms with Crippen LogP contribution in [0.25, 0.3) is 0 Å². The van der Waals surface area contributed by atoms with E-state index in [0.717, 1.165) is 0 Å². The van der Waals surface area contributed by atoms with Crippen LogP contribution in [0.15, 0.2) is 29.2 Å². The molecule has 0 aliphatic carbocycles. The Morgan fingerprint density at radius 1 is 1.32 bits per heavy atom. The van der Waals surface area contributed by atoms with Crippen LogP contribution in [0.1, 0.15) is 24.9 Å². The highest BCUT2D eigenvalue weighted by atomic mass is 32.2. The second kappa shape index (κ2) is 5.20. The molecule has 2 rings (SSSR count). The molecule has 1 aromatic carbocycles. The van der Waals surface area contributed by atoms with Crippen molar-refractivity contribution in [1.29, 1.82) is 0 Å². The van der Waals surface area contributed by atoms with Crippen LogP contribution in [0.5, 0.6) is 0 Å². The average molecular weight is 285 g/mol. The fraction of sp³-hybridized carbons (Fsp3) is 0.538. The summed E-state index contributed by atoms with van der Waals surface area (Å²) in [5.41, 5.74) is -0.110. The van der Waals surface area contributed by atoms with Crippen molar-refractivity contribution in [2.24, 2.45) is 0 Å². The number of aliphatic hydroxyl groups is 2. The van der Waals surface area contributed by atoms with Gasteiger partial charge < -0.3 is 15.5 Å². The molecule has 1 atom stereocenters. The highest BCUT2D eigenvalue weighted by Crippen LogP contribution is 2.33. The van der Waals surface area contributed by atoms with Gasteiger partial charge in [-0.3, -0.25) is 0 Å². The summed E-state index contributed by atoms with van der Waals surface area (Å²) in [7, 11) is -3.21. The number of nitrogens with one attached hydrogen (secondary N) is 1. The van der Waals surface area contributed by atoms with E-state index in [1.165, 1.54) is 0 Å². The first-order valence-corrected chi connectivity index (χ1v) is 7.88. The number of hydrogen-bond donors (Lipinski definition) is 3. The maximum Gasteiger partial charge on any atom is 0.178 e. The number of sulfone groups is 1. The lowest BCUT2D eigenvalue weighted by molar-refractivity contribution is 0.0927. The van der Waals surface area contributed by atoms with Crippen LogP contribution in [0, 0.1) is 0 Å². The maximum atomic E-state index is 12.0. The molecule has 1 aliphatic heterocycles. The molecule has 0 fully saturated rings. The van der Waals surface area contributed by atoms with Crippen molar-refractivity contribution in [1.82, 2.24) is 5.32 Å². The molecule has 19 heavy (non-hydrogen) atoms. The molecule has 6 heteroatoms. The van der Waals surface area contributed by atoms with Gasteiger partial charge in [-0.2, -0.15) is 0 Å². The van der Waals surface area contributed by atoms with Crippen LogP contribution in [0.3, 0.4) is 0 Å². The number of fused-ring (bicyclic) bond motifs is 1. The zero-order valence-electron chi connectivity index (χ0n) is 10.8. The van der Waals surface area contributed by atoms with Gasteiger partial charge in [-0.25, -0.2) is 8.42 Å². The van der Waals surface area contributed by atoms with Gasteiger partial charge in [0.1, 0.15) is 0 Å². The van der Waals surface area contributed by atoms with Crippen molar-refractivity contribution < 1.29 is 18.6 Å². The minimum atomic E-state index is -3.21. The van der Waals surface area contributed by atoms with Crippen LogP contribution >= 0.6 is 0 Å². The van der Waals surface area contributed by atoms with E-state index >= 15 is 0 Å². The van der Waals surface area contributed by atoms with E-state index in [0.29, 0.717) is 16.9 Å². The largest absolute Gasteiger partial charge is 0.394 e. The molecule has 3 N–H and O–H groups in total. The smallest absolute Gasteiger partial charge is 0.178 e. The Morgan fingerprint density at radius 2 is 1.95 bits per heavy atom. The highest BCUT2D eigenvalue weighted by Gasteiger charge is 2.34. The van der Waals surface area contributed by atoms with Crippen LogP contribution in [-0.4, -0.2) is 43.1 Å². The Kier molecular flexibility index (Phi) is 3.96. The standard InChI is InChI=1S/C13H19NO4S/c1-13(8-15,9-16)14-11-6-7-19(17,18)12-5-3-2-4-10(11)12/h2-5,11,14-16H,6-9H2,1H3. The molecule has 106 valence electrons. The summed E-state index contributed by atoms with van der Waals surface area (Å²) in [6, 6.07) is 6.70. The molecule has 1 aromatic rings. The van der Waals surface area contributed by atoms with E-state index in [4.69, 9.17) is 0 Å². The normalized spacial score (nSPS) is 21.9. The molecule has 0 radical (unpaired) electrons. The Labute approximate surface area is 113 Å². The Balaban J connectivity index is 2.36. The van der Waals surface area contributed by atoms with Crippen LogP contribution in [-0.2, 0) is 9.84 Å². The molecule has 1 heterocycles. The lowest BCUT2D eigenvalue weighted by atomic mass is 9.97. The third-order valence-corrected chi connectivity index (χ3v) is 5.34. The van der Waals surface area contributed by atoms with Crippen LogP contribution < -0.4 is 5.32 Å². The fourth-order valence-corrected chi connectivity index (χ4v) is 3.92. The topological polar surface area (TPSA) is 86.6 Å². The zero-order valence-corrected chi connectivity index (χ0v) is 11.7. The van der Waals surface area contributed by atoms with Gasteiger partial charge >= 0.3 is 0 Å². The van der Waals surface area contributed by atoms with E-state index < -0.39 is 15.4 Å². The molecule has 0 bridgehead atoms. The molecule has 0 aromatic heterocycles. The van der Waals surface area contributed by atoms with Gasteiger partial charge in [0.2, 0.25) is 0 Å². The minimum Gasteiger partial charge on any atom is -0.394 e. The van der Waals surface area contributed by atoms with Gasteiger partial charge in [-0.15, -0.1) is 0 Å². The number of rotatable bonds is 4. The molecular formula is C13H19NO4S. The summed E-state index contributed by atoms with van der Waals surface area (Å²) < 4.78 is 24.0. The lowest BCUT2D eigenvalue weighted by Crippen LogP contribution is -2.51. The third kappa shape index (κ3) is 2.81. The first-order chi connectivity index (χ1) is 8.92. The van der Waals surface area contributed by atoms with Crippen molar-refractivity contribution in [2.45, 2.75) is 29.8 Å². The van der Waals surface area contributed by atoms with Crippen molar-refractivity contribution in [3.8, 4) is 0 Å². The van der Waals surface area contributed by atoms with E-state index in [1.807, 2.05) is 0 Å². The molecule has 0 amide bonds. The molecule has 0 saturated heterocycles. The summed E-state index contributed by atoms with van der Waals surface area (Å²) in [5.74, 6) is 0.0780. The second-order valence-electron chi connectivity index (χ2n) is 5.22. The summed E-state index contributed by atoms with van der Waals surface area (Å²) >= 11 is 0. The zero-order chi connectivity index (χ0) is 14.1. The van der Waals surface area contributed by atoms with E-state index in [1.54, 1.807) is 31.2 Å². The quantitative estimate of drug-likeness (QED) is 0.737. The highest BCUT2D eigenvalue weighted by molar-refractivity contribution is 7.91. The Morgan fingerprint density at radius 3 is 2.58 bits per heavy atom. The van der Waals surface area contributed by atoms with E-state index in [-0.39, 0.29) is 25.0 Å². The maximum absolute atomic E-state index is 12.0. The first kappa shape index (κ1) is 14.5. The molecule has 5 nitrogen and oxygen atoms in total. The Bertz CT molecular complexity index is 552. The summed E-state index contributed by atoms with van der Waals surface area (Å²) in [6.07, 6.45) is 0.439. The molecule has 0 saturated carbocycles. The molecular weight excluding hydrogens is 266 g/mol. The summed E-state index contributed by atoms with van der Waals surface area (Å²) in [6.45, 7) is 1.28. The summed E-state index contributed by atoms with van der Waals surface area (Å²) in [4.78, 5) is 0.344. The van der Waals surface area contributed by atoms with Crippen LogP contribution in [0.2, 0.25) is 0 Å². The second-order valence-corrected chi connectivity index (χ2v) is 7.30. The fourth-order valence-electron chi connectivity index (χ4n) is 2.30. The monoisotopic (exact) mass is 285 g/mol. The van der Waals surface area contributed by atoms with Crippen molar-refractivity contribution in [2.75, 3.05) is 19.0 Å². The number of aliphatic hydroxyl groups excluding tert-OH is 2. The Hall–Kier alpha value is -0.950. The first-order valence-electron chi connectivity index (χ1n) is 6.23. The SMILES string of the molecule is CC(CO)(CO)NC1CCS(=O)(=O)c2ccccc21. The minimum absolute atomic E-state index is 0.0780. The van der Waals surface area contributed by atoms with Crippen molar-refractivity contribution >= 4 is 9.84 Å². The van der Waals surface area contributed by atoms with Gasteiger partial charge in [0.15, 0.2) is 9.84 Å². The van der Waals surface area contributed by atoms with Gasteiger partial charge in [0.25, 0.3) is 0 Å². The third-order valence-electron chi connectivity index (χ3n) is 3.53. The summed E-state index contributed by atoms with van der Waals surface area (Å²) in [5, 5.41) is 21.8. The van der Waals surface area contributed by atoms with Gasteiger partial charge in [0.05, 0.1) is 29.4 Å². The number of benzene rings is 1. The van der Waals surface area contributed by atoms with E-state index in [9.17, 15) is 18.6 Å². The predicted octanol–water partition coefficient (Wildman–Crippen LogP) is 0.238. The van der Waals surface area contributed by atoms with Gasteiger partial charge in [-0.1, -0.05) is 18.2 Å². The predicted molar refractivity (Wildman–Crippen MR) is 71.6 cm³/mol.